The number of carbonyl (C=O) groups excluding carboxylic acids is 1. The number of hydrogen-bond acceptors (Lipinski definition) is 4. The molecule has 0 radical (unpaired) electrons. The van der Waals surface area contributed by atoms with Crippen LogP contribution in [0.3, 0.4) is 0 Å². The molecule has 0 aliphatic carbocycles. The zero-order chi connectivity index (χ0) is 17.6. The highest BCUT2D eigenvalue weighted by molar-refractivity contribution is 5.92. The number of hydrogen-bond donors (Lipinski definition) is 1. The molecular formula is C20H26N4O. The number of carbonyl (C=O) groups is 1. The van der Waals surface area contributed by atoms with Crippen LogP contribution in [-0.2, 0) is 0 Å². The topological polar surface area (TPSA) is 58.1 Å². The van der Waals surface area contributed by atoms with E-state index in [4.69, 9.17) is 0 Å². The van der Waals surface area contributed by atoms with Crippen molar-refractivity contribution >= 4 is 11.9 Å². The average Bonchev–Trinajstić information content (AvgIpc) is 2.68. The molecule has 1 aliphatic heterocycles. The van der Waals surface area contributed by atoms with Gasteiger partial charge in [0.2, 0.25) is 5.95 Å². The van der Waals surface area contributed by atoms with E-state index in [0.717, 1.165) is 31.4 Å². The van der Waals surface area contributed by atoms with Crippen LogP contribution in [0.25, 0.3) is 0 Å². The van der Waals surface area contributed by atoms with Crippen LogP contribution in [-0.4, -0.2) is 33.4 Å². The first kappa shape index (κ1) is 17.4. The summed E-state index contributed by atoms with van der Waals surface area (Å²) in [5, 5.41) is 3.29. The van der Waals surface area contributed by atoms with E-state index in [0.29, 0.717) is 17.7 Å². The van der Waals surface area contributed by atoms with Gasteiger partial charge in [-0.05, 0) is 44.2 Å². The fraction of sp³-hybridized carbons (Fsp3) is 0.450. The van der Waals surface area contributed by atoms with Crippen LogP contribution < -0.4 is 5.32 Å². The molecule has 2 unspecified atom stereocenters. The van der Waals surface area contributed by atoms with E-state index < -0.39 is 0 Å². The number of aromatic nitrogens is 2. The predicted octanol–water partition coefficient (Wildman–Crippen LogP) is 4.05. The number of anilines is 1. The fourth-order valence-electron chi connectivity index (χ4n) is 3.41. The van der Waals surface area contributed by atoms with Gasteiger partial charge in [-0.25, -0.2) is 9.97 Å². The molecule has 1 N–H and O–H groups in total. The van der Waals surface area contributed by atoms with Crippen LogP contribution in [0.2, 0.25) is 0 Å². The summed E-state index contributed by atoms with van der Waals surface area (Å²) < 4.78 is 0. The number of likely N-dealkylation sites (tertiary alicyclic amines) is 1. The SMILES string of the molecule is CCC1CCCCN1C(=O)c1ccnc(NC(C)c2ccccc2)n1. The molecule has 1 aliphatic rings. The molecule has 25 heavy (non-hydrogen) atoms. The number of benzene rings is 1. The van der Waals surface area contributed by atoms with Gasteiger partial charge in [0.25, 0.3) is 5.91 Å². The monoisotopic (exact) mass is 338 g/mol. The first-order chi connectivity index (χ1) is 12.2. The molecule has 5 heteroatoms. The van der Waals surface area contributed by atoms with Crippen molar-refractivity contribution in [2.75, 3.05) is 11.9 Å². The lowest BCUT2D eigenvalue weighted by Crippen LogP contribution is -2.43. The molecule has 0 bridgehead atoms. The molecule has 1 amide bonds. The molecule has 0 saturated carbocycles. The largest absolute Gasteiger partial charge is 0.348 e. The van der Waals surface area contributed by atoms with Crippen LogP contribution >= 0.6 is 0 Å². The van der Waals surface area contributed by atoms with Crippen molar-refractivity contribution in [2.24, 2.45) is 0 Å². The summed E-state index contributed by atoms with van der Waals surface area (Å²) in [6.07, 6.45) is 6.01. The van der Waals surface area contributed by atoms with E-state index in [9.17, 15) is 4.79 Å². The smallest absolute Gasteiger partial charge is 0.272 e. The normalized spacial score (nSPS) is 18.6. The minimum Gasteiger partial charge on any atom is -0.348 e. The van der Waals surface area contributed by atoms with Gasteiger partial charge in [0.1, 0.15) is 5.69 Å². The van der Waals surface area contributed by atoms with Crippen molar-refractivity contribution < 1.29 is 4.79 Å². The van der Waals surface area contributed by atoms with E-state index in [2.05, 4.69) is 41.3 Å². The molecule has 2 heterocycles. The zero-order valence-electron chi connectivity index (χ0n) is 15.0. The number of rotatable bonds is 5. The van der Waals surface area contributed by atoms with Gasteiger partial charge >= 0.3 is 0 Å². The Bertz CT molecular complexity index is 704. The zero-order valence-corrected chi connectivity index (χ0v) is 15.0. The molecule has 132 valence electrons. The molecule has 1 fully saturated rings. The molecule has 2 aromatic rings. The van der Waals surface area contributed by atoms with Crippen molar-refractivity contribution in [3.05, 3.63) is 53.9 Å². The van der Waals surface area contributed by atoms with Gasteiger partial charge in [0, 0.05) is 18.8 Å². The van der Waals surface area contributed by atoms with Crippen molar-refractivity contribution in [2.45, 2.75) is 51.6 Å². The van der Waals surface area contributed by atoms with Gasteiger partial charge in [0.15, 0.2) is 0 Å². The molecule has 3 rings (SSSR count). The lowest BCUT2D eigenvalue weighted by molar-refractivity contribution is 0.0602. The third-order valence-corrected chi connectivity index (χ3v) is 4.88. The first-order valence-electron chi connectivity index (χ1n) is 9.14. The van der Waals surface area contributed by atoms with Gasteiger partial charge in [-0.3, -0.25) is 4.79 Å². The van der Waals surface area contributed by atoms with E-state index in [1.54, 1.807) is 12.3 Å². The Morgan fingerprint density at radius 2 is 2.08 bits per heavy atom. The van der Waals surface area contributed by atoms with Gasteiger partial charge in [-0.2, -0.15) is 0 Å². The molecule has 1 aromatic carbocycles. The number of nitrogens with one attached hydrogen (secondary N) is 1. The van der Waals surface area contributed by atoms with Crippen molar-refractivity contribution in [3.63, 3.8) is 0 Å². The van der Waals surface area contributed by atoms with Gasteiger partial charge < -0.3 is 10.2 Å². The maximum Gasteiger partial charge on any atom is 0.272 e. The highest BCUT2D eigenvalue weighted by Gasteiger charge is 2.27. The Morgan fingerprint density at radius 1 is 1.28 bits per heavy atom. The number of nitrogens with zero attached hydrogens (tertiary/aromatic N) is 3. The van der Waals surface area contributed by atoms with Crippen molar-refractivity contribution in [3.8, 4) is 0 Å². The van der Waals surface area contributed by atoms with Crippen molar-refractivity contribution in [1.29, 1.82) is 0 Å². The summed E-state index contributed by atoms with van der Waals surface area (Å²) in [7, 11) is 0. The Hall–Kier alpha value is -2.43. The van der Waals surface area contributed by atoms with Gasteiger partial charge in [-0.15, -0.1) is 0 Å². The summed E-state index contributed by atoms with van der Waals surface area (Å²) in [4.78, 5) is 23.6. The highest BCUT2D eigenvalue weighted by Crippen LogP contribution is 2.22. The minimum atomic E-state index is 0.0179. The lowest BCUT2D eigenvalue weighted by Gasteiger charge is -2.35. The summed E-state index contributed by atoms with van der Waals surface area (Å²) >= 11 is 0. The Morgan fingerprint density at radius 3 is 2.84 bits per heavy atom. The van der Waals surface area contributed by atoms with E-state index in [-0.39, 0.29) is 11.9 Å². The Kier molecular flexibility index (Phi) is 5.64. The Balaban J connectivity index is 1.73. The van der Waals surface area contributed by atoms with E-state index in [1.807, 2.05) is 23.1 Å². The second kappa shape index (κ2) is 8.10. The third kappa shape index (κ3) is 4.16. The lowest BCUT2D eigenvalue weighted by atomic mass is 9.99. The third-order valence-electron chi connectivity index (χ3n) is 4.88. The molecule has 1 aromatic heterocycles. The number of amides is 1. The fourth-order valence-corrected chi connectivity index (χ4v) is 3.41. The molecular weight excluding hydrogens is 312 g/mol. The standard InChI is InChI=1S/C20H26N4O/c1-3-17-11-7-8-14-24(17)19(25)18-12-13-21-20(23-18)22-15(2)16-9-5-4-6-10-16/h4-6,9-10,12-13,15,17H,3,7-8,11,14H2,1-2H3,(H,21,22,23). The van der Waals surface area contributed by atoms with Crippen LogP contribution in [0.4, 0.5) is 5.95 Å². The maximum atomic E-state index is 12.9. The molecule has 0 spiro atoms. The van der Waals surface area contributed by atoms with Crippen LogP contribution in [0, 0.1) is 0 Å². The highest BCUT2D eigenvalue weighted by atomic mass is 16.2. The van der Waals surface area contributed by atoms with E-state index >= 15 is 0 Å². The quantitative estimate of drug-likeness (QED) is 0.893. The van der Waals surface area contributed by atoms with Crippen molar-refractivity contribution in [1.82, 2.24) is 14.9 Å². The average molecular weight is 338 g/mol. The van der Waals surface area contributed by atoms with Gasteiger partial charge in [-0.1, -0.05) is 37.3 Å². The summed E-state index contributed by atoms with van der Waals surface area (Å²) in [5.74, 6) is 0.511. The van der Waals surface area contributed by atoms with Crippen LogP contribution in [0.15, 0.2) is 42.6 Å². The summed E-state index contributed by atoms with van der Waals surface area (Å²) in [6, 6.07) is 12.3. The number of piperidine rings is 1. The molecule has 5 nitrogen and oxygen atoms in total. The van der Waals surface area contributed by atoms with Crippen LogP contribution in [0.5, 0.6) is 0 Å². The van der Waals surface area contributed by atoms with Crippen LogP contribution in [0.1, 0.15) is 61.6 Å². The molecule has 1 saturated heterocycles. The second-order valence-corrected chi connectivity index (χ2v) is 6.60. The summed E-state index contributed by atoms with van der Waals surface area (Å²) in [5.41, 5.74) is 1.63. The van der Waals surface area contributed by atoms with E-state index in [1.165, 1.54) is 6.42 Å². The maximum absolute atomic E-state index is 12.9. The summed E-state index contributed by atoms with van der Waals surface area (Å²) in [6.45, 7) is 5.03. The first-order valence-corrected chi connectivity index (χ1v) is 9.14. The minimum absolute atomic E-state index is 0.0179. The van der Waals surface area contributed by atoms with Gasteiger partial charge in [0.05, 0.1) is 6.04 Å². The second-order valence-electron chi connectivity index (χ2n) is 6.60. The predicted molar refractivity (Wildman–Crippen MR) is 99.5 cm³/mol. The Labute approximate surface area is 149 Å². The molecule has 2 atom stereocenters.